The highest BCUT2D eigenvalue weighted by Crippen LogP contribution is 2.17. The van der Waals surface area contributed by atoms with Crippen LogP contribution in [-0.2, 0) is 6.54 Å². The number of hydrogen-bond acceptors (Lipinski definition) is 4. The van der Waals surface area contributed by atoms with Gasteiger partial charge in [0.2, 0.25) is 0 Å². The lowest BCUT2D eigenvalue weighted by molar-refractivity contribution is 0.0850. The number of aromatic nitrogens is 2. The molecule has 1 atom stereocenters. The Morgan fingerprint density at radius 1 is 1.50 bits per heavy atom. The van der Waals surface area contributed by atoms with Gasteiger partial charge in [-0.2, -0.15) is 0 Å². The van der Waals surface area contributed by atoms with E-state index < -0.39 is 0 Å². The van der Waals surface area contributed by atoms with Crippen molar-refractivity contribution in [3.05, 3.63) is 23.8 Å². The second-order valence-corrected chi connectivity index (χ2v) is 3.83. The van der Waals surface area contributed by atoms with Crippen LogP contribution in [0.5, 0.6) is 0 Å². The summed E-state index contributed by atoms with van der Waals surface area (Å²) < 4.78 is 0. The molecule has 1 fully saturated rings. The molecule has 0 radical (unpaired) electrons. The molecular formula is C10H16N4. The maximum absolute atomic E-state index is 5.62. The van der Waals surface area contributed by atoms with Gasteiger partial charge in [0.1, 0.15) is 5.82 Å². The lowest BCUT2D eigenvalue weighted by atomic mass is 10.0. The van der Waals surface area contributed by atoms with E-state index in [-0.39, 0.29) is 0 Å². The summed E-state index contributed by atoms with van der Waals surface area (Å²) >= 11 is 0. The van der Waals surface area contributed by atoms with Crippen molar-refractivity contribution in [1.82, 2.24) is 14.9 Å². The zero-order chi connectivity index (χ0) is 9.97. The Hall–Kier alpha value is -1.00. The van der Waals surface area contributed by atoms with Crippen molar-refractivity contribution in [2.24, 2.45) is 5.73 Å². The van der Waals surface area contributed by atoms with E-state index in [1.54, 1.807) is 0 Å². The first-order valence-corrected chi connectivity index (χ1v) is 5.01. The summed E-state index contributed by atoms with van der Waals surface area (Å²) in [6.45, 7) is 4.70. The molecule has 0 aliphatic carbocycles. The molecule has 0 bridgehead atoms. The molecule has 1 aliphatic heterocycles. The van der Waals surface area contributed by atoms with Crippen LogP contribution in [0.25, 0.3) is 0 Å². The average Bonchev–Trinajstić information content (AvgIpc) is 2.16. The molecule has 0 amide bonds. The quantitative estimate of drug-likeness (QED) is 0.749. The van der Waals surface area contributed by atoms with Crippen molar-refractivity contribution >= 4 is 0 Å². The van der Waals surface area contributed by atoms with E-state index >= 15 is 0 Å². The first kappa shape index (κ1) is 9.55. The molecule has 0 aromatic carbocycles. The van der Waals surface area contributed by atoms with Gasteiger partial charge in [-0.3, -0.25) is 4.90 Å². The molecule has 2 rings (SSSR count). The fourth-order valence-electron chi connectivity index (χ4n) is 1.65. The summed E-state index contributed by atoms with van der Waals surface area (Å²) in [5, 5.41) is 0. The van der Waals surface area contributed by atoms with Crippen molar-refractivity contribution < 1.29 is 0 Å². The van der Waals surface area contributed by atoms with Gasteiger partial charge >= 0.3 is 0 Å². The van der Waals surface area contributed by atoms with E-state index in [0.717, 1.165) is 31.0 Å². The van der Waals surface area contributed by atoms with Crippen molar-refractivity contribution in [1.29, 1.82) is 0 Å². The minimum atomic E-state index is 0.542. The third-order valence-corrected chi connectivity index (χ3v) is 2.72. The molecule has 2 N–H and O–H groups in total. The molecule has 1 saturated heterocycles. The van der Waals surface area contributed by atoms with Gasteiger partial charge < -0.3 is 5.73 Å². The zero-order valence-electron chi connectivity index (χ0n) is 8.48. The Morgan fingerprint density at radius 2 is 2.21 bits per heavy atom. The minimum Gasteiger partial charge on any atom is -0.329 e. The minimum absolute atomic E-state index is 0.542. The fourth-order valence-corrected chi connectivity index (χ4v) is 1.65. The van der Waals surface area contributed by atoms with E-state index in [0.29, 0.717) is 6.04 Å². The number of nitrogens with zero attached hydrogens (tertiary/aromatic N) is 3. The second-order valence-electron chi connectivity index (χ2n) is 3.83. The molecule has 0 saturated carbocycles. The van der Waals surface area contributed by atoms with Gasteiger partial charge in [-0.1, -0.05) is 0 Å². The van der Waals surface area contributed by atoms with Crippen LogP contribution in [0.1, 0.15) is 17.8 Å². The van der Waals surface area contributed by atoms with Gasteiger partial charge in [0, 0.05) is 31.5 Å². The lowest BCUT2D eigenvalue weighted by Crippen LogP contribution is -2.51. The Morgan fingerprint density at radius 3 is 2.71 bits per heavy atom. The Kier molecular flexibility index (Phi) is 2.74. The fraction of sp³-hybridized carbons (Fsp3) is 0.600. The molecule has 4 heteroatoms. The Balaban J connectivity index is 1.94. The largest absolute Gasteiger partial charge is 0.329 e. The van der Waals surface area contributed by atoms with Crippen LogP contribution in [-0.4, -0.2) is 34.0 Å². The maximum atomic E-state index is 5.62. The van der Waals surface area contributed by atoms with Crippen LogP contribution in [0, 0.1) is 6.92 Å². The molecule has 0 spiro atoms. The van der Waals surface area contributed by atoms with E-state index in [1.807, 2.05) is 19.3 Å². The van der Waals surface area contributed by atoms with E-state index in [9.17, 15) is 0 Å². The molecule has 1 unspecified atom stereocenters. The molecule has 1 aliphatic rings. The highest BCUT2D eigenvalue weighted by Gasteiger charge is 2.26. The van der Waals surface area contributed by atoms with Gasteiger partial charge in [0.15, 0.2) is 0 Å². The van der Waals surface area contributed by atoms with E-state index in [4.69, 9.17) is 5.73 Å². The lowest BCUT2D eigenvalue weighted by Gasteiger charge is -2.39. The number of likely N-dealkylation sites (tertiary alicyclic amines) is 1. The number of nitrogens with two attached hydrogens (primary N) is 1. The van der Waals surface area contributed by atoms with Crippen LogP contribution < -0.4 is 5.73 Å². The summed E-state index contributed by atoms with van der Waals surface area (Å²) in [6.07, 6.45) is 4.93. The van der Waals surface area contributed by atoms with Gasteiger partial charge in [-0.05, 0) is 18.9 Å². The SMILES string of the molecule is Cc1cnc(CN2CCC2CN)nc1. The third kappa shape index (κ3) is 1.91. The van der Waals surface area contributed by atoms with Crippen molar-refractivity contribution in [2.75, 3.05) is 13.1 Å². The van der Waals surface area contributed by atoms with Gasteiger partial charge in [-0.25, -0.2) is 9.97 Å². The molecule has 1 aromatic rings. The van der Waals surface area contributed by atoms with Crippen molar-refractivity contribution in [2.45, 2.75) is 25.9 Å². The van der Waals surface area contributed by atoms with Gasteiger partial charge in [0.05, 0.1) is 6.54 Å². The van der Waals surface area contributed by atoms with Gasteiger partial charge in [0.25, 0.3) is 0 Å². The molecular weight excluding hydrogens is 176 g/mol. The topological polar surface area (TPSA) is 55.0 Å². The number of rotatable bonds is 3. The first-order valence-electron chi connectivity index (χ1n) is 5.01. The molecule has 2 heterocycles. The first-order chi connectivity index (χ1) is 6.79. The van der Waals surface area contributed by atoms with Crippen LogP contribution in [0.4, 0.5) is 0 Å². The van der Waals surface area contributed by atoms with E-state index in [1.165, 1.54) is 6.42 Å². The third-order valence-electron chi connectivity index (χ3n) is 2.72. The summed E-state index contributed by atoms with van der Waals surface area (Å²) in [5.41, 5.74) is 6.72. The predicted molar refractivity (Wildman–Crippen MR) is 54.6 cm³/mol. The van der Waals surface area contributed by atoms with E-state index in [2.05, 4.69) is 14.9 Å². The molecule has 14 heavy (non-hydrogen) atoms. The predicted octanol–water partition coefficient (Wildman–Crippen LogP) is 0.318. The summed E-state index contributed by atoms with van der Waals surface area (Å²) in [7, 11) is 0. The van der Waals surface area contributed by atoms with Crippen LogP contribution in [0.3, 0.4) is 0 Å². The number of hydrogen-bond donors (Lipinski definition) is 1. The van der Waals surface area contributed by atoms with Crippen LogP contribution >= 0.6 is 0 Å². The normalized spacial score (nSPS) is 22.0. The highest BCUT2D eigenvalue weighted by atomic mass is 15.2. The van der Waals surface area contributed by atoms with Crippen molar-refractivity contribution in [3.63, 3.8) is 0 Å². The molecule has 1 aromatic heterocycles. The monoisotopic (exact) mass is 192 g/mol. The number of aryl methyl sites for hydroxylation is 1. The Labute approximate surface area is 84.2 Å². The maximum Gasteiger partial charge on any atom is 0.142 e. The summed E-state index contributed by atoms with van der Waals surface area (Å²) in [5.74, 6) is 0.897. The summed E-state index contributed by atoms with van der Waals surface area (Å²) in [6, 6.07) is 0.542. The molecule has 4 nitrogen and oxygen atoms in total. The zero-order valence-corrected chi connectivity index (χ0v) is 8.48. The smallest absolute Gasteiger partial charge is 0.142 e. The Bertz CT molecular complexity index is 293. The molecule has 76 valence electrons. The standard InChI is InChI=1S/C10H16N4/c1-8-5-12-10(13-6-8)7-14-3-2-9(14)4-11/h5-6,9H,2-4,7,11H2,1H3. The van der Waals surface area contributed by atoms with Crippen LogP contribution in [0.15, 0.2) is 12.4 Å². The van der Waals surface area contributed by atoms with Crippen LogP contribution in [0.2, 0.25) is 0 Å². The second kappa shape index (κ2) is 4.02. The van der Waals surface area contributed by atoms with Crippen molar-refractivity contribution in [3.8, 4) is 0 Å². The van der Waals surface area contributed by atoms with Gasteiger partial charge in [-0.15, -0.1) is 0 Å². The summed E-state index contributed by atoms with van der Waals surface area (Å²) in [4.78, 5) is 10.9. The highest BCUT2D eigenvalue weighted by molar-refractivity contribution is 5.02. The average molecular weight is 192 g/mol.